The standard InChI is InChI=1S/C30H36O9/c31-16-27(33)29(38-22-35-19-25-12-6-2-7-13-25)30(39-23-36-20-26-14-8-3-9-15-26)28(17-32)37-21-34-18-24-10-4-1-5-11-24/h1-15,17,27-31,33H,16,18-23H2/t27-,28+,29+,30-/m1/s1. The maximum Gasteiger partial charge on any atom is 0.151 e. The van der Waals surface area contributed by atoms with Gasteiger partial charge in [-0.2, -0.15) is 0 Å². The van der Waals surface area contributed by atoms with E-state index in [2.05, 4.69) is 0 Å². The van der Waals surface area contributed by atoms with E-state index in [1.165, 1.54) is 0 Å². The first-order valence-corrected chi connectivity index (χ1v) is 12.6. The molecule has 0 aliphatic rings. The summed E-state index contributed by atoms with van der Waals surface area (Å²) in [4.78, 5) is 12.1. The van der Waals surface area contributed by atoms with Gasteiger partial charge in [0, 0.05) is 0 Å². The zero-order valence-corrected chi connectivity index (χ0v) is 21.7. The zero-order chi connectivity index (χ0) is 27.5. The Kier molecular flexibility index (Phi) is 14.4. The highest BCUT2D eigenvalue weighted by molar-refractivity contribution is 5.57. The smallest absolute Gasteiger partial charge is 0.151 e. The van der Waals surface area contributed by atoms with Gasteiger partial charge in [-0.05, 0) is 16.7 Å². The van der Waals surface area contributed by atoms with Crippen LogP contribution >= 0.6 is 0 Å². The van der Waals surface area contributed by atoms with Gasteiger partial charge in [0.1, 0.15) is 44.8 Å². The number of carbonyl (C=O) groups is 1. The van der Waals surface area contributed by atoms with Crippen molar-refractivity contribution in [1.82, 2.24) is 0 Å². The highest BCUT2D eigenvalue weighted by atomic mass is 16.7. The normalized spacial score (nSPS) is 14.4. The SMILES string of the molecule is O=C[C@H](OCOCc1ccccc1)[C@@H](OCOCc1ccccc1)[C@@H](OCOCc1ccccc1)[C@H](O)CO. The Labute approximate surface area is 228 Å². The summed E-state index contributed by atoms with van der Waals surface area (Å²) in [5, 5.41) is 20.2. The first-order chi connectivity index (χ1) is 19.2. The quantitative estimate of drug-likeness (QED) is 0.127. The van der Waals surface area contributed by atoms with Crippen LogP contribution in [0.3, 0.4) is 0 Å². The van der Waals surface area contributed by atoms with Crippen LogP contribution < -0.4 is 0 Å². The van der Waals surface area contributed by atoms with Crippen molar-refractivity contribution in [2.75, 3.05) is 27.0 Å². The van der Waals surface area contributed by atoms with Gasteiger partial charge in [-0.1, -0.05) is 91.0 Å². The van der Waals surface area contributed by atoms with Crippen LogP contribution in [0.25, 0.3) is 0 Å². The molecular weight excluding hydrogens is 504 g/mol. The number of carbonyl (C=O) groups excluding carboxylic acids is 1. The maximum atomic E-state index is 12.1. The van der Waals surface area contributed by atoms with Crippen LogP contribution in [-0.4, -0.2) is 67.9 Å². The van der Waals surface area contributed by atoms with Crippen molar-refractivity contribution < 1.29 is 43.4 Å². The number of aldehydes is 1. The van der Waals surface area contributed by atoms with Crippen molar-refractivity contribution in [3.8, 4) is 0 Å². The first-order valence-electron chi connectivity index (χ1n) is 12.6. The van der Waals surface area contributed by atoms with Crippen LogP contribution in [-0.2, 0) is 53.0 Å². The summed E-state index contributed by atoms with van der Waals surface area (Å²) in [6.07, 6.45) is -4.35. The number of benzene rings is 3. The second-order valence-electron chi connectivity index (χ2n) is 8.64. The van der Waals surface area contributed by atoms with E-state index in [4.69, 9.17) is 28.4 Å². The fourth-order valence-electron chi connectivity index (χ4n) is 3.70. The molecule has 210 valence electrons. The molecule has 39 heavy (non-hydrogen) atoms. The number of hydrogen-bond donors (Lipinski definition) is 2. The molecule has 2 N–H and O–H groups in total. The lowest BCUT2D eigenvalue weighted by molar-refractivity contribution is -0.232. The van der Waals surface area contributed by atoms with Gasteiger partial charge >= 0.3 is 0 Å². The molecule has 4 atom stereocenters. The highest BCUT2D eigenvalue weighted by Crippen LogP contribution is 2.17. The van der Waals surface area contributed by atoms with Gasteiger partial charge in [-0.15, -0.1) is 0 Å². The average Bonchev–Trinajstić information content (AvgIpc) is 2.99. The minimum Gasteiger partial charge on any atom is -0.394 e. The van der Waals surface area contributed by atoms with Crippen LogP contribution in [0.5, 0.6) is 0 Å². The molecule has 9 heteroatoms. The van der Waals surface area contributed by atoms with Gasteiger partial charge in [-0.25, -0.2) is 0 Å². The number of rotatable bonds is 20. The second kappa shape index (κ2) is 18.3. The Bertz CT molecular complexity index is 1020. The minimum atomic E-state index is -1.39. The third kappa shape index (κ3) is 11.3. The molecule has 3 aromatic carbocycles. The Morgan fingerprint density at radius 1 is 0.590 bits per heavy atom. The van der Waals surface area contributed by atoms with Gasteiger partial charge in [0.15, 0.2) is 6.29 Å². The topological polar surface area (TPSA) is 113 Å². The van der Waals surface area contributed by atoms with Crippen molar-refractivity contribution in [2.24, 2.45) is 0 Å². The fraction of sp³-hybridized carbons (Fsp3) is 0.367. The van der Waals surface area contributed by atoms with E-state index >= 15 is 0 Å². The zero-order valence-electron chi connectivity index (χ0n) is 21.7. The van der Waals surface area contributed by atoms with E-state index in [1.54, 1.807) is 0 Å². The van der Waals surface area contributed by atoms with Crippen molar-refractivity contribution >= 4 is 6.29 Å². The summed E-state index contributed by atoms with van der Waals surface area (Å²) >= 11 is 0. The van der Waals surface area contributed by atoms with Crippen molar-refractivity contribution in [2.45, 2.75) is 44.2 Å². The van der Waals surface area contributed by atoms with E-state index in [1.807, 2.05) is 91.0 Å². The molecule has 0 saturated heterocycles. The van der Waals surface area contributed by atoms with E-state index in [-0.39, 0.29) is 40.2 Å². The molecule has 0 fully saturated rings. The molecule has 0 radical (unpaired) electrons. The molecule has 0 unspecified atom stereocenters. The average molecular weight is 541 g/mol. The highest BCUT2D eigenvalue weighted by Gasteiger charge is 2.37. The summed E-state index contributed by atoms with van der Waals surface area (Å²) in [5.41, 5.74) is 2.82. The largest absolute Gasteiger partial charge is 0.394 e. The summed E-state index contributed by atoms with van der Waals surface area (Å²) < 4.78 is 34.0. The third-order valence-corrected chi connectivity index (χ3v) is 5.71. The molecule has 0 spiro atoms. The van der Waals surface area contributed by atoms with Gasteiger partial charge in [0.2, 0.25) is 0 Å². The monoisotopic (exact) mass is 540 g/mol. The molecule has 9 nitrogen and oxygen atoms in total. The number of aliphatic hydroxyl groups is 2. The summed E-state index contributed by atoms with van der Waals surface area (Å²) in [7, 11) is 0. The molecule has 0 aromatic heterocycles. The molecule has 0 aliphatic heterocycles. The minimum absolute atomic E-state index is 0.213. The van der Waals surface area contributed by atoms with E-state index in [0.29, 0.717) is 6.29 Å². The molecule has 0 aliphatic carbocycles. The lowest BCUT2D eigenvalue weighted by Crippen LogP contribution is -2.51. The lowest BCUT2D eigenvalue weighted by Gasteiger charge is -2.33. The summed E-state index contributed by atoms with van der Waals surface area (Å²) in [6, 6.07) is 28.5. The van der Waals surface area contributed by atoms with Gasteiger partial charge < -0.3 is 43.4 Å². The summed E-state index contributed by atoms with van der Waals surface area (Å²) in [6.45, 7) is -0.465. The van der Waals surface area contributed by atoms with Crippen molar-refractivity contribution in [3.63, 3.8) is 0 Å². The predicted octanol–water partition coefficient (Wildman–Crippen LogP) is 3.22. The maximum absolute atomic E-state index is 12.1. The van der Waals surface area contributed by atoms with Gasteiger partial charge in [-0.3, -0.25) is 0 Å². The Morgan fingerprint density at radius 3 is 1.36 bits per heavy atom. The van der Waals surface area contributed by atoms with Crippen LogP contribution in [0.1, 0.15) is 16.7 Å². The van der Waals surface area contributed by atoms with Crippen LogP contribution in [0, 0.1) is 0 Å². The van der Waals surface area contributed by atoms with Crippen molar-refractivity contribution in [3.05, 3.63) is 108 Å². The summed E-state index contributed by atoms with van der Waals surface area (Å²) in [5.74, 6) is 0. The Hall–Kier alpha value is -2.99. The van der Waals surface area contributed by atoms with E-state index in [0.717, 1.165) is 16.7 Å². The molecule has 3 aromatic rings. The molecule has 3 rings (SSSR count). The van der Waals surface area contributed by atoms with Crippen LogP contribution in [0.4, 0.5) is 0 Å². The second-order valence-corrected chi connectivity index (χ2v) is 8.64. The Morgan fingerprint density at radius 2 is 0.974 bits per heavy atom. The number of hydrogen-bond acceptors (Lipinski definition) is 9. The van der Waals surface area contributed by atoms with E-state index < -0.39 is 31.0 Å². The van der Waals surface area contributed by atoms with Crippen LogP contribution in [0.2, 0.25) is 0 Å². The fourth-order valence-corrected chi connectivity index (χ4v) is 3.70. The van der Waals surface area contributed by atoms with E-state index in [9.17, 15) is 15.0 Å². The number of ether oxygens (including phenoxy) is 6. The first kappa shape index (κ1) is 30.6. The van der Waals surface area contributed by atoms with Crippen molar-refractivity contribution in [1.29, 1.82) is 0 Å². The Balaban J connectivity index is 1.60. The molecule has 0 saturated carbocycles. The number of aliphatic hydroxyl groups excluding tert-OH is 2. The molecular formula is C30H36O9. The molecule has 0 bridgehead atoms. The van der Waals surface area contributed by atoms with Crippen LogP contribution in [0.15, 0.2) is 91.0 Å². The molecule has 0 heterocycles. The van der Waals surface area contributed by atoms with Gasteiger partial charge in [0.25, 0.3) is 0 Å². The third-order valence-electron chi connectivity index (χ3n) is 5.71. The predicted molar refractivity (Wildman–Crippen MR) is 142 cm³/mol. The van der Waals surface area contributed by atoms with Gasteiger partial charge in [0.05, 0.1) is 26.4 Å². The lowest BCUT2D eigenvalue weighted by atomic mass is 10.0. The molecule has 0 amide bonds.